The van der Waals surface area contributed by atoms with Gasteiger partial charge in [0.2, 0.25) is 0 Å². The van der Waals surface area contributed by atoms with Crippen molar-refractivity contribution < 1.29 is 0 Å². The van der Waals surface area contributed by atoms with Crippen LogP contribution in [0.4, 0.5) is 0 Å². The molecule has 0 unspecified atom stereocenters. The molecule has 0 aliphatic rings. The van der Waals surface area contributed by atoms with Gasteiger partial charge in [-0.2, -0.15) is 0 Å². The van der Waals surface area contributed by atoms with Crippen LogP contribution in [0.3, 0.4) is 0 Å². The van der Waals surface area contributed by atoms with Crippen molar-refractivity contribution in [1.82, 2.24) is 15.2 Å². The van der Waals surface area contributed by atoms with E-state index in [-0.39, 0.29) is 0 Å². The number of aromatic nitrogens is 3. The Morgan fingerprint density at radius 3 is 2.93 bits per heavy atom. The van der Waals surface area contributed by atoms with Gasteiger partial charge in [0.25, 0.3) is 0 Å². The average molecular weight is 238 g/mol. The zero-order valence-electron chi connectivity index (χ0n) is 7.96. The highest BCUT2D eigenvalue weighted by atomic mass is 32.2. The lowest BCUT2D eigenvalue weighted by atomic mass is 10.2. The summed E-state index contributed by atoms with van der Waals surface area (Å²) in [5.74, 6) is 0. The van der Waals surface area contributed by atoms with Gasteiger partial charge in [-0.3, -0.25) is 0 Å². The maximum atomic E-state index is 5.46. The number of hydrogen-bond acceptors (Lipinski definition) is 6. The van der Waals surface area contributed by atoms with E-state index in [1.54, 1.807) is 5.51 Å². The minimum absolute atomic E-state index is 0.657. The molecule has 0 radical (unpaired) electrons. The summed E-state index contributed by atoms with van der Waals surface area (Å²) < 4.78 is 0.911. The quantitative estimate of drug-likeness (QED) is 0.876. The second kappa shape index (κ2) is 5.20. The molecular formula is C9H10N4S2. The zero-order valence-corrected chi connectivity index (χ0v) is 9.59. The van der Waals surface area contributed by atoms with Gasteiger partial charge < -0.3 is 5.73 Å². The lowest BCUT2D eigenvalue weighted by Gasteiger charge is -1.99. The third-order valence-corrected chi connectivity index (χ3v) is 3.49. The predicted molar refractivity (Wildman–Crippen MR) is 61.0 cm³/mol. The van der Waals surface area contributed by atoms with E-state index >= 15 is 0 Å². The van der Waals surface area contributed by atoms with E-state index in [2.05, 4.69) is 15.2 Å². The summed E-state index contributed by atoms with van der Waals surface area (Å²) in [4.78, 5) is 4.32. The number of rotatable bonds is 4. The molecule has 0 saturated carbocycles. The molecule has 0 fully saturated rings. The molecule has 6 heteroatoms. The van der Waals surface area contributed by atoms with Crippen LogP contribution >= 0.6 is 23.1 Å². The van der Waals surface area contributed by atoms with Crippen molar-refractivity contribution in [3.63, 3.8) is 0 Å². The smallest absolute Gasteiger partial charge is 0.180 e. The Bertz CT molecular complexity index is 399. The van der Waals surface area contributed by atoms with Crippen LogP contribution in [0.25, 0.3) is 0 Å². The summed E-state index contributed by atoms with van der Waals surface area (Å²) in [6.45, 7) is 0.657. The van der Waals surface area contributed by atoms with Crippen LogP contribution in [0.15, 0.2) is 33.2 Å². The van der Waals surface area contributed by atoms with Crippen LogP contribution in [0.5, 0.6) is 0 Å². The fourth-order valence-electron chi connectivity index (χ4n) is 1.08. The van der Waals surface area contributed by atoms with Crippen LogP contribution in [0.2, 0.25) is 0 Å². The number of hydrogen-bond donors (Lipinski definition) is 1. The molecule has 0 bridgehead atoms. The first-order valence-corrected chi connectivity index (χ1v) is 6.17. The van der Waals surface area contributed by atoms with Gasteiger partial charge in [0, 0.05) is 6.20 Å². The summed E-state index contributed by atoms with van der Waals surface area (Å²) in [7, 11) is 0. The molecule has 2 aromatic heterocycles. The topological polar surface area (TPSA) is 64.7 Å². The molecule has 78 valence electrons. The number of nitrogens with zero attached hydrogens (tertiary/aromatic N) is 3. The molecule has 15 heavy (non-hydrogen) atoms. The van der Waals surface area contributed by atoms with Gasteiger partial charge in [-0.05, 0) is 36.4 Å². The summed E-state index contributed by atoms with van der Waals surface area (Å²) in [5, 5.41) is 8.65. The second-order valence-corrected chi connectivity index (χ2v) is 4.95. The highest BCUT2D eigenvalue weighted by Crippen LogP contribution is 2.26. The third-order valence-electron chi connectivity index (χ3n) is 1.76. The molecule has 0 aliphatic heterocycles. The van der Waals surface area contributed by atoms with E-state index in [0.717, 1.165) is 15.8 Å². The molecule has 0 atom stereocenters. The predicted octanol–water partition coefficient (Wildman–Crippen LogP) is 1.59. The Labute approximate surface area is 95.9 Å². The Hall–Kier alpha value is -0.980. The standard InChI is InChI=1S/C9H10N4S2/c10-4-3-7-1-2-8(11-5-7)15-9-13-12-6-14-9/h1-2,5-6H,3-4,10H2. The van der Waals surface area contributed by atoms with Gasteiger partial charge in [0.1, 0.15) is 10.5 Å². The summed E-state index contributed by atoms with van der Waals surface area (Å²) >= 11 is 3.04. The molecule has 0 aromatic carbocycles. The molecule has 0 spiro atoms. The summed E-state index contributed by atoms with van der Waals surface area (Å²) in [6.07, 6.45) is 2.73. The fraction of sp³-hybridized carbons (Fsp3) is 0.222. The maximum absolute atomic E-state index is 5.46. The normalized spacial score (nSPS) is 10.5. The molecule has 2 aromatic rings. The fourth-order valence-corrected chi connectivity index (χ4v) is 2.45. The van der Waals surface area contributed by atoms with Crippen LogP contribution in [0, 0.1) is 0 Å². The molecule has 2 rings (SSSR count). The summed E-state index contributed by atoms with van der Waals surface area (Å²) in [6, 6.07) is 4.03. The second-order valence-electron chi connectivity index (χ2n) is 2.85. The van der Waals surface area contributed by atoms with Crippen molar-refractivity contribution in [3.05, 3.63) is 29.4 Å². The van der Waals surface area contributed by atoms with Crippen molar-refractivity contribution in [2.75, 3.05) is 6.54 Å². The van der Waals surface area contributed by atoms with Crippen LogP contribution in [-0.2, 0) is 6.42 Å². The van der Waals surface area contributed by atoms with Crippen LogP contribution < -0.4 is 5.73 Å². The van der Waals surface area contributed by atoms with Crippen molar-refractivity contribution in [1.29, 1.82) is 0 Å². The van der Waals surface area contributed by atoms with Crippen molar-refractivity contribution in [2.24, 2.45) is 5.73 Å². The summed E-state index contributed by atoms with van der Waals surface area (Å²) in [5.41, 5.74) is 8.34. The SMILES string of the molecule is NCCc1ccc(Sc2nncs2)nc1. The van der Waals surface area contributed by atoms with E-state index < -0.39 is 0 Å². The van der Waals surface area contributed by atoms with E-state index in [4.69, 9.17) is 5.73 Å². The third kappa shape index (κ3) is 2.98. The molecular weight excluding hydrogens is 228 g/mol. The monoisotopic (exact) mass is 238 g/mol. The van der Waals surface area contributed by atoms with E-state index in [1.165, 1.54) is 28.7 Å². The zero-order chi connectivity index (χ0) is 10.5. The van der Waals surface area contributed by atoms with E-state index in [1.807, 2.05) is 18.3 Å². The van der Waals surface area contributed by atoms with E-state index in [0.29, 0.717) is 6.54 Å². The lowest BCUT2D eigenvalue weighted by Crippen LogP contribution is -2.02. The molecule has 2 heterocycles. The first kappa shape index (κ1) is 10.5. The maximum Gasteiger partial charge on any atom is 0.180 e. The van der Waals surface area contributed by atoms with Crippen LogP contribution in [0.1, 0.15) is 5.56 Å². The molecule has 4 nitrogen and oxygen atoms in total. The van der Waals surface area contributed by atoms with Gasteiger partial charge in [0.05, 0.1) is 0 Å². The average Bonchev–Trinajstić information content (AvgIpc) is 2.74. The lowest BCUT2D eigenvalue weighted by molar-refractivity contribution is 0.944. The first-order chi connectivity index (χ1) is 7.38. The molecule has 0 amide bonds. The Morgan fingerprint density at radius 1 is 1.40 bits per heavy atom. The Morgan fingerprint density at radius 2 is 2.33 bits per heavy atom. The van der Waals surface area contributed by atoms with Crippen molar-refractivity contribution in [2.45, 2.75) is 15.8 Å². The minimum atomic E-state index is 0.657. The van der Waals surface area contributed by atoms with Crippen LogP contribution in [-0.4, -0.2) is 21.7 Å². The highest BCUT2D eigenvalue weighted by Gasteiger charge is 2.01. The van der Waals surface area contributed by atoms with Gasteiger partial charge in [-0.15, -0.1) is 10.2 Å². The van der Waals surface area contributed by atoms with Crippen molar-refractivity contribution in [3.8, 4) is 0 Å². The number of pyridine rings is 1. The minimum Gasteiger partial charge on any atom is -0.330 e. The first-order valence-electron chi connectivity index (χ1n) is 4.47. The largest absolute Gasteiger partial charge is 0.330 e. The van der Waals surface area contributed by atoms with Gasteiger partial charge in [0.15, 0.2) is 4.34 Å². The van der Waals surface area contributed by atoms with Gasteiger partial charge in [-0.1, -0.05) is 17.4 Å². The van der Waals surface area contributed by atoms with Gasteiger partial charge >= 0.3 is 0 Å². The van der Waals surface area contributed by atoms with Gasteiger partial charge in [-0.25, -0.2) is 4.98 Å². The number of nitrogens with two attached hydrogens (primary N) is 1. The Kier molecular flexibility index (Phi) is 3.65. The highest BCUT2D eigenvalue weighted by molar-refractivity contribution is 8.00. The molecule has 0 aliphatic carbocycles. The van der Waals surface area contributed by atoms with Crippen molar-refractivity contribution >= 4 is 23.1 Å². The Balaban J connectivity index is 2.04. The van der Waals surface area contributed by atoms with E-state index in [9.17, 15) is 0 Å². The molecule has 2 N–H and O–H groups in total. The molecule has 0 saturated heterocycles.